The Hall–Kier alpha value is -5.48. The number of benzene rings is 5. The summed E-state index contributed by atoms with van der Waals surface area (Å²) in [5.74, 6) is 0. The predicted molar refractivity (Wildman–Crippen MR) is 162 cm³/mol. The van der Waals surface area contributed by atoms with Gasteiger partial charge in [0.25, 0.3) is 0 Å². The molecule has 0 saturated carbocycles. The van der Waals surface area contributed by atoms with Crippen molar-refractivity contribution in [1.82, 2.24) is 9.97 Å². The third-order valence-corrected chi connectivity index (χ3v) is 7.85. The number of rotatable bonds is 2. The fraction of sp³-hybridized carbons (Fsp3) is 0. The molecule has 0 atom stereocenters. The summed E-state index contributed by atoms with van der Waals surface area (Å²) in [6, 6.07) is 41.2. The molecule has 0 radical (unpaired) electrons. The minimum Gasteiger partial charge on any atom is -0.456 e. The minimum atomic E-state index is 0.778. The Morgan fingerprint density at radius 2 is 1.02 bits per heavy atom. The molecule has 0 bridgehead atoms. The first-order valence-electron chi connectivity index (χ1n) is 13.3. The molecule has 9 rings (SSSR count). The molecular formula is C36H20N2O2. The van der Waals surface area contributed by atoms with Gasteiger partial charge in [0.15, 0.2) is 0 Å². The van der Waals surface area contributed by atoms with Crippen LogP contribution in [0.3, 0.4) is 0 Å². The lowest BCUT2D eigenvalue weighted by Gasteiger charge is -2.12. The van der Waals surface area contributed by atoms with E-state index >= 15 is 0 Å². The van der Waals surface area contributed by atoms with Gasteiger partial charge >= 0.3 is 0 Å². The highest BCUT2D eigenvalue weighted by Crippen LogP contribution is 2.42. The van der Waals surface area contributed by atoms with Crippen LogP contribution in [-0.2, 0) is 0 Å². The van der Waals surface area contributed by atoms with E-state index in [0.29, 0.717) is 0 Å². The van der Waals surface area contributed by atoms with Gasteiger partial charge in [0.2, 0.25) is 0 Å². The summed E-state index contributed by atoms with van der Waals surface area (Å²) in [4.78, 5) is 10.5. The van der Waals surface area contributed by atoms with Gasteiger partial charge in [-0.3, -0.25) is 0 Å². The number of fused-ring (bicyclic) bond motifs is 10. The molecule has 9 aromatic rings. The molecule has 4 heteroatoms. The highest BCUT2D eigenvalue weighted by molar-refractivity contribution is 6.27. The lowest BCUT2D eigenvalue weighted by atomic mass is 9.98. The van der Waals surface area contributed by atoms with Crippen molar-refractivity contribution in [2.75, 3.05) is 0 Å². The van der Waals surface area contributed by atoms with E-state index in [4.69, 9.17) is 18.8 Å². The first-order chi connectivity index (χ1) is 19.8. The van der Waals surface area contributed by atoms with Gasteiger partial charge in [0.05, 0.1) is 28.0 Å². The molecule has 4 aromatic heterocycles. The monoisotopic (exact) mass is 512 g/mol. The van der Waals surface area contributed by atoms with Crippen LogP contribution in [0.2, 0.25) is 0 Å². The van der Waals surface area contributed by atoms with Crippen LogP contribution in [0, 0.1) is 0 Å². The third-order valence-electron chi connectivity index (χ3n) is 7.85. The van der Waals surface area contributed by atoms with Crippen LogP contribution in [0.25, 0.3) is 88.2 Å². The molecule has 0 spiro atoms. The van der Waals surface area contributed by atoms with Crippen molar-refractivity contribution >= 4 is 65.6 Å². The van der Waals surface area contributed by atoms with E-state index in [1.54, 1.807) is 0 Å². The highest BCUT2D eigenvalue weighted by atomic mass is 16.3. The van der Waals surface area contributed by atoms with Crippen molar-refractivity contribution in [3.63, 3.8) is 0 Å². The second-order valence-electron chi connectivity index (χ2n) is 10.1. The number of furan rings is 2. The molecule has 0 saturated heterocycles. The maximum absolute atomic E-state index is 6.39. The molecule has 0 unspecified atom stereocenters. The van der Waals surface area contributed by atoms with Crippen LogP contribution in [0.1, 0.15) is 0 Å². The van der Waals surface area contributed by atoms with Crippen LogP contribution < -0.4 is 0 Å². The minimum absolute atomic E-state index is 0.778. The standard InChI is InChI=1S/C36H20N2O2/c1-2-10-21(11-3-1)35-34-25-15-7-9-17-29(25)40-31(34)20-27(38-35)36-23-13-5-4-12-22(23)32-26(37-36)18-19-30-33(32)24-14-6-8-16-28(24)39-30/h1-20H. The van der Waals surface area contributed by atoms with E-state index < -0.39 is 0 Å². The number of aromatic nitrogens is 2. The van der Waals surface area contributed by atoms with Crippen molar-refractivity contribution in [2.45, 2.75) is 0 Å². The van der Waals surface area contributed by atoms with Crippen LogP contribution >= 0.6 is 0 Å². The topological polar surface area (TPSA) is 52.1 Å². The Morgan fingerprint density at radius 3 is 1.80 bits per heavy atom. The van der Waals surface area contributed by atoms with Gasteiger partial charge in [-0.05, 0) is 29.7 Å². The molecule has 4 heterocycles. The fourth-order valence-electron chi connectivity index (χ4n) is 6.12. The molecule has 40 heavy (non-hydrogen) atoms. The van der Waals surface area contributed by atoms with E-state index in [-0.39, 0.29) is 0 Å². The summed E-state index contributed by atoms with van der Waals surface area (Å²) in [5.41, 5.74) is 7.82. The summed E-state index contributed by atoms with van der Waals surface area (Å²) in [5, 5.41) is 7.50. The Balaban J connectivity index is 1.42. The molecule has 0 aliphatic rings. The van der Waals surface area contributed by atoms with Crippen molar-refractivity contribution in [1.29, 1.82) is 0 Å². The normalized spacial score (nSPS) is 12.0. The quantitative estimate of drug-likeness (QED) is 0.216. The first kappa shape index (κ1) is 21.5. The van der Waals surface area contributed by atoms with E-state index in [2.05, 4.69) is 54.6 Å². The Labute approximate surface area is 228 Å². The third kappa shape index (κ3) is 2.96. The molecule has 4 nitrogen and oxygen atoms in total. The van der Waals surface area contributed by atoms with E-state index in [0.717, 1.165) is 88.2 Å². The zero-order valence-corrected chi connectivity index (χ0v) is 21.3. The SMILES string of the molecule is c1ccc(-c2nc(-c3nc4ccc5oc6ccccc6c5c4c4ccccc34)cc3oc4ccccc4c23)cc1. The lowest BCUT2D eigenvalue weighted by Crippen LogP contribution is -1.95. The number of hydrogen-bond donors (Lipinski definition) is 0. The maximum Gasteiger partial charge on any atom is 0.139 e. The van der Waals surface area contributed by atoms with Gasteiger partial charge in [0.1, 0.15) is 22.3 Å². The molecule has 0 aliphatic carbocycles. The van der Waals surface area contributed by atoms with E-state index in [1.165, 1.54) is 0 Å². The zero-order valence-electron chi connectivity index (χ0n) is 21.3. The summed E-state index contributed by atoms with van der Waals surface area (Å²) in [7, 11) is 0. The Morgan fingerprint density at radius 1 is 0.400 bits per heavy atom. The van der Waals surface area contributed by atoms with Gasteiger partial charge in [-0.15, -0.1) is 0 Å². The maximum atomic E-state index is 6.39. The zero-order chi connectivity index (χ0) is 26.2. The van der Waals surface area contributed by atoms with Crippen LogP contribution in [0.5, 0.6) is 0 Å². The van der Waals surface area contributed by atoms with Gasteiger partial charge in [-0.25, -0.2) is 9.97 Å². The molecule has 0 aliphatic heterocycles. The molecule has 0 fully saturated rings. The molecular weight excluding hydrogens is 492 g/mol. The lowest BCUT2D eigenvalue weighted by molar-refractivity contribution is 0.668. The molecule has 0 N–H and O–H groups in total. The van der Waals surface area contributed by atoms with Crippen molar-refractivity contribution in [3.05, 3.63) is 121 Å². The number of nitrogens with zero attached hydrogens (tertiary/aromatic N) is 2. The van der Waals surface area contributed by atoms with Gasteiger partial charge < -0.3 is 8.83 Å². The second-order valence-corrected chi connectivity index (χ2v) is 10.1. The van der Waals surface area contributed by atoms with Gasteiger partial charge in [-0.2, -0.15) is 0 Å². The largest absolute Gasteiger partial charge is 0.456 e. The average Bonchev–Trinajstić information content (AvgIpc) is 3.59. The highest BCUT2D eigenvalue weighted by Gasteiger charge is 2.20. The van der Waals surface area contributed by atoms with Crippen LogP contribution in [-0.4, -0.2) is 9.97 Å². The fourth-order valence-corrected chi connectivity index (χ4v) is 6.12. The van der Waals surface area contributed by atoms with Crippen LogP contribution in [0.15, 0.2) is 130 Å². The first-order valence-corrected chi connectivity index (χ1v) is 13.3. The summed E-state index contributed by atoms with van der Waals surface area (Å²) in [6.45, 7) is 0. The van der Waals surface area contributed by atoms with Gasteiger partial charge in [0, 0.05) is 38.6 Å². The van der Waals surface area contributed by atoms with Crippen LogP contribution in [0.4, 0.5) is 0 Å². The smallest absolute Gasteiger partial charge is 0.139 e. The number of hydrogen-bond acceptors (Lipinski definition) is 4. The van der Waals surface area contributed by atoms with E-state index in [1.807, 2.05) is 66.7 Å². The summed E-state index contributed by atoms with van der Waals surface area (Å²) >= 11 is 0. The average molecular weight is 513 g/mol. The Bertz CT molecular complexity index is 2430. The van der Waals surface area contributed by atoms with Crippen molar-refractivity contribution < 1.29 is 8.83 Å². The van der Waals surface area contributed by atoms with Gasteiger partial charge in [-0.1, -0.05) is 91.0 Å². The molecule has 186 valence electrons. The predicted octanol–water partition coefficient (Wildman–Crippen LogP) is 9.92. The molecule has 0 amide bonds. The van der Waals surface area contributed by atoms with E-state index in [9.17, 15) is 0 Å². The number of pyridine rings is 2. The Kier molecular flexibility index (Phi) is 4.30. The molecule has 5 aromatic carbocycles. The van der Waals surface area contributed by atoms with Crippen molar-refractivity contribution in [2.24, 2.45) is 0 Å². The number of para-hydroxylation sites is 2. The summed E-state index contributed by atoms with van der Waals surface area (Å²) in [6.07, 6.45) is 0. The van der Waals surface area contributed by atoms with Crippen molar-refractivity contribution in [3.8, 4) is 22.6 Å². The second kappa shape index (κ2) is 8.01. The summed E-state index contributed by atoms with van der Waals surface area (Å²) < 4.78 is 12.6.